The van der Waals surface area contributed by atoms with E-state index in [1.54, 1.807) is 30.6 Å². The molecule has 5 nitrogen and oxygen atoms in total. The van der Waals surface area contributed by atoms with Crippen LogP contribution in [0.3, 0.4) is 0 Å². The fraction of sp³-hybridized carbons (Fsp3) is 0. The summed E-state index contributed by atoms with van der Waals surface area (Å²) in [6.45, 7) is 0. The van der Waals surface area contributed by atoms with Gasteiger partial charge in [0.15, 0.2) is 0 Å². The van der Waals surface area contributed by atoms with E-state index in [9.17, 15) is 9.90 Å². The number of hydrogen-bond donors (Lipinski definition) is 1. The lowest BCUT2D eigenvalue weighted by molar-refractivity contribution is 0.473. The van der Waals surface area contributed by atoms with Crippen LogP contribution in [-0.4, -0.2) is 15.1 Å². The SMILES string of the molecule is O=c1oc2cc(O)ccc2cc1-c1csc(-c2cccnc2)n1. The van der Waals surface area contributed by atoms with E-state index in [1.807, 2.05) is 17.5 Å². The van der Waals surface area contributed by atoms with Crippen molar-refractivity contribution in [1.29, 1.82) is 0 Å². The maximum absolute atomic E-state index is 12.2. The van der Waals surface area contributed by atoms with Crippen molar-refractivity contribution in [2.45, 2.75) is 0 Å². The first-order chi connectivity index (χ1) is 11.2. The van der Waals surface area contributed by atoms with Gasteiger partial charge in [-0.05, 0) is 30.3 Å². The van der Waals surface area contributed by atoms with Crippen molar-refractivity contribution in [3.8, 4) is 27.6 Å². The van der Waals surface area contributed by atoms with Gasteiger partial charge in [-0.15, -0.1) is 11.3 Å². The predicted octanol–water partition coefficient (Wildman–Crippen LogP) is 3.68. The Morgan fingerprint density at radius 3 is 2.91 bits per heavy atom. The maximum Gasteiger partial charge on any atom is 0.345 e. The van der Waals surface area contributed by atoms with E-state index in [0.29, 0.717) is 16.8 Å². The third-order valence-corrected chi connectivity index (χ3v) is 4.30. The second-order valence-electron chi connectivity index (χ2n) is 4.95. The molecule has 0 aliphatic carbocycles. The van der Waals surface area contributed by atoms with Crippen LogP contribution in [0.15, 0.2) is 63.4 Å². The van der Waals surface area contributed by atoms with Crippen LogP contribution in [-0.2, 0) is 0 Å². The zero-order valence-corrected chi connectivity index (χ0v) is 12.6. The molecule has 0 spiro atoms. The number of fused-ring (bicyclic) bond motifs is 1. The smallest absolute Gasteiger partial charge is 0.345 e. The average molecular weight is 322 g/mol. The van der Waals surface area contributed by atoms with E-state index in [1.165, 1.54) is 17.4 Å². The van der Waals surface area contributed by atoms with Gasteiger partial charge >= 0.3 is 5.63 Å². The molecule has 0 bridgehead atoms. The summed E-state index contributed by atoms with van der Waals surface area (Å²) < 4.78 is 5.28. The monoisotopic (exact) mass is 322 g/mol. The molecule has 0 atom stereocenters. The van der Waals surface area contributed by atoms with E-state index >= 15 is 0 Å². The molecule has 0 amide bonds. The molecule has 0 unspecified atom stereocenters. The highest BCUT2D eigenvalue weighted by Gasteiger charge is 2.12. The summed E-state index contributed by atoms with van der Waals surface area (Å²) in [5, 5.41) is 12.8. The molecule has 3 aromatic heterocycles. The molecule has 112 valence electrons. The first-order valence-electron chi connectivity index (χ1n) is 6.84. The normalized spacial score (nSPS) is 11.0. The lowest BCUT2D eigenvalue weighted by Crippen LogP contribution is -2.02. The van der Waals surface area contributed by atoms with Crippen molar-refractivity contribution in [3.05, 3.63) is 64.6 Å². The molecule has 23 heavy (non-hydrogen) atoms. The molecular weight excluding hydrogens is 312 g/mol. The van der Waals surface area contributed by atoms with E-state index in [0.717, 1.165) is 16.0 Å². The Kier molecular flexibility index (Phi) is 3.17. The van der Waals surface area contributed by atoms with Crippen LogP contribution >= 0.6 is 11.3 Å². The van der Waals surface area contributed by atoms with Crippen molar-refractivity contribution in [2.24, 2.45) is 0 Å². The minimum atomic E-state index is -0.480. The number of benzene rings is 1. The number of aromatic hydroxyl groups is 1. The van der Waals surface area contributed by atoms with Gasteiger partial charge in [-0.1, -0.05) is 0 Å². The van der Waals surface area contributed by atoms with Gasteiger partial charge in [-0.2, -0.15) is 0 Å². The fourth-order valence-corrected chi connectivity index (χ4v) is 3.11. The van der Waals surface area contributed by atoms with E-state index in [2.05, 4.69) is 9.97 Å². The first kappa shape index (κ1) is 13.7. The molecule has 1 aromatic carbocycles. The number of nitrogens with zero attached hydrogens (tertiary/aromatic N) is 2. The van der Waals surface area contributed by atoms with Gasteiger partial charge in [0.25, 0.3) is 0 Å². The summed E-state index contributed by atoms with van der Waals surface area (Å²) in [7, 11) is 0. The first-order valence-corrected chi connectivity index (χ1v) is 7.72. The van der Waals surface area contributed by atoms with Gasteiger partial charge in [0.1, 0.15) is 16.3 Å². The summed E-state index contributed by atoms with van der Waals surface area (Å²) in [5.74, 6) is 0.0564. The van der Waals surface area contributed by atoms with Crippen molar-refractivity contribution in [3.63, 3.8) is 0 Å². The van der Waals surface area contributed by atoms with Gasteiger partial charge in [-0.3, -0.25) is 4.98 Å². The Labute approximate surface area is 134 Å². The quantitative estimate of drug-likeness (QED) is 0.570. The highest BCUT2D eigenvalue weighted by atomic mass is 32.1. The van der Waals surface area contributed by atoms with Crippen molar-refractivity contribution >= 4 is 22.3 Å². The van der Waals surface area contributed by atoms with Gasteiger partial charge < -0.3 is 9.52 Å². The number of phenols is 1. The number of pyridine rings is 1. The highest BCUT2D eigenvalue weighted by Crippen LogP contribution is 2.29. The fourth-order valence-electron chi connectivity index (χ4n) is 2.30. The molecule has 0 saturated carbocycles. The minimum Gasteiger partial charge on any atom is -0.508 e. The number of aromatic nitrogens is 2. The van der Waals surface area contributed by atoms with Gasteiger partial charge in [-0.25, -0.2) is 9.78 Å². The number of hydrogen-bond acceptors (Lipinski definition) is 6. The molecule has 6 heteroatoms. The molecule has 0 aliphatic rings. The van der Waals surface area contributed by atoms with E-state index in [4.69, 9.17) is 4.42 Å². The molecule has 0 fully saturated rings. The maximum atomic E-state index is 12.2. The van der Waals surface area contributed by atoms with Crippen LogP contribution < -0.4 is 5.63 Å². The molecule has 4 rings (SSSR count). The van der Waals surface area contributed by atoms with Crippen LogP contribution in [0.4, 0.5) is 0 Å². The largest absolute Gasteiger partial charge is 0.508 e. The Morgan fingerprint density at radius 1 is 1.17 bits per heavy atom. The van der Waals surface area contributed by atoms with Gasteiger partial charge in [0, 0.05) is 34.8 Å². The molecule has 4 aromatic rings. The van der Waals surface area contributed by atoms with Crippen LogP contribution in [0.1, 0.15) is 0 Å². The Morgan fingerprint density at radius 2 is 2.09 bits per heavy atom. The topological polar surface area (TPSA) is 76.2 Å². The summed E-state index contributed by atoms with van der Waals surface area (Å²) in [4.78, 5) is 20.8. The standard InChI is InChI=1S/C17H10N2O3S/c20-12-4-3-10-6-13(17(21)22-15(10)7-12)14-9-23-16(19-14)11-2-1-5-18-8-11/h1-9,20H. The van der Waals surface area contributed by atoms with Gasteiger partial charge in [0.2, 0.25) is 0 Å². The second kappa shape index (κ2) is 5.33. The Bertz CT molecular complexity index is 1050. The summed E-state index contributed by atoms with van der Waals surface area (Å²) in [5.41, 5.74) is 1.73. The Hall–Kier alpha value is -2.99. The zero-order valence-electron chi connectivity index (χ0n) is 11.8. The molecule has 0 aliphatic heterocycles. The summed E-state index contributed by atoms with van der Waals surface area (Å²) in [6, 6.07) is 10.2. The zero-order chi connectivity index (χ0) is 15.8. The van der Waals surface area contributed by atoms with Gasteiger partial charge in [0.05, 0.1) is 11.3 Å². The minimum absolute atomic E-state index is 0.0564. The third kappa shape index (κ3) is 2.49. The third-order valence-electron chi connectivity index (χ3n) is 3.41. The molecule has 3 heterocycles. The van der Waals surface area contributed by atoms with Crippen LogP contribution in [0.25, 0.3) is 32.8 Å². The van der Waals surface area contributed by atoms with E-state index in [-0.39, 0.29) is 5.75 Å². The second-order valence-corrected chi connectivity index (χ2v) is 5.81. The average Bonchev–Trinajstić information content (AvgIpc) is 3.05. The molecule has 0 radical (unpaired) electrons. The Balaban J connectivity index is 1.83. The van der Waals surface area contributed by atoms with Crippen LogP contribution in [0, 0.1) is 0 Å². The molecule has 0 saturated heterocycles. The summed E-state index contributed by atoms with van der Waals surface area (Å²) in [6.07, 6.45) is 3.43. The lowest BCUT2D eigenvalue weighted by Gasteiger charge is -2.00. The number of thiazole rings is 1. The number of phenolic OH excluding ortho intramolecular Hbond substituents is 1. The van der Waals surface area contributed by atoms with Crippen LogP contribution in [0.5, 0.6) is 5.75 Å². The van der Waals surface area contributed by atoms with E-state index < -0.39 is 5.63 Å². The van der Waals surface area contributed by atoms with Crippen molar-refractivity contribution < 1.29 is 9.52 Å². The molecule has 1 N–H and O–H groups in total. The number of rotatable bonds is 2. The van der Waals surface area contributed by atoms with Crippen LogP contribution in [0.2, 0.25) is 0 Å². The highest BCUT2D eigenvalue weighted by molar-refractivity contribution is 7.13. The molecular formula is C17H10N2O3S. The van der Waals surface area contributed by atoms with Crippen molar-refractivity contribution in [1.82, 2.24) is 9.97 Å². The van der Waals surface area contributed by atoms with Crippen molar-refractivity contribution in [2.75, 3.05) is 0 Å². The summed E-state index contributed by atoms with van der Waals surface area (Å²) >= 11 is 1.44. The predicted molar refractivity (Wildman–Crippen MR) is 88.5 cm³/mol. The lowest BCUT2D eigenvalue weighted by atomic mass is 10.1.